The Bertz CT molecular complexity index is 1470. The Morgan fingerprint density at radius 2 is 1.18 bits per heavy atom. The second kappa shape index (κ2) is 17.4. The van der Waals surface area contributed by atoms with Gasteiger partial charge in [-0.25, -0.2) is 0 Å². The maximum atomic E-state index is 11.4. The summed E-state index contributed by atoms with van der Waals surface area (Å²) in [6, 6.07) is 19.1. The highest BCUT2D eigenvalue weighted by molar-refractivity contribution is 8.12. The maximum Gasteiger partial charge on any atom is 0.200 e. The van der Waals surface area contributed by atoms with Gasteiger partial charge >= 0.3 is 0 Å². The Hall–Kier alpha value is -2.39. The third-order valence-corrected chi connectivity index (χ3v) is 13.2. The van der Waals surface area contributed by atoms with Gasteiger partial charge in [-0.1, -0.05) is 93.2 Å². The van der Waals surface area contributed by atoms with Crippen molar-refractivity contribution in [3.8, 4) is 11.1 Å². The van der Waals surface area contributed by atoms with Crippen molar-refractivity contribution in [3.63, 3.8) is 0 Å². The molecule has 2 saturated carbocycles. The fourth-order valence-electron chi connectivity index (χ4n) is 8.64. The van der Waals surface area contributed by atoms with E-state index in [4.69, 9.17) is 9.47 Å². The summed E-state index contributed by atoms with van der Waals surface area (Å²) in [5.74, 6) is 1.48. The van der Waals surface area contributed by atoms with Gasteiger partial charge in [0.2, 0.25) is 0 Å². The van der Waals surface area contributed by atoms with Crippen LogP contribution in [0.3, 0.4) is 0 Å². The summed E-state index contributed by atoms with van der Waals surface area (Å²) in [6.45, 7) is 6.26. The minimum absolute atomic E-state index is 0.0218. The number of thioether (sulfide) groups is 1. The number of allylic oxidation sites excluding steroid dienone is 1. The molecule has 0 radical (unpaired) electrons. The van der Waals surface area contributed by atoms with E-state index in [1.54, 1.807) is 11.8 Å². The maximum absolute atomic E-state index is 11.4. The largest absolute Gasteiger partial charge is 0.464 e. The highest BCUT2D eigenvalue weighted by Gasteiger charge is 2.39. The van der Waals surface area contributed by atoms with E-state index in [-0.39, 0.29) is 36.1 Å². The van der Waals surface area contributed by atoms with Gasteiger partial charge in [-0.15, -0.1) is 0 Å². The van der Waals surface area contributed by atoms with Crippen LogP contribution in [0.1, 0.15) is 103 Å². The van der Waals surface area contributed by atoms with Crippen LogP contribution in [0.15, 0.2) is 83.0 Å². The second-order valence-electron chi connectivity index (χ2n) is 15.0. The van der Waals surface area contributed by atoms with Crippen LogP contribution in [0.2, 0.25) is 0 Å². The number of benzene rings is 2. The van der Waals surface area contributed by atoms with Gasteiger partial charge < -0.3 is 29.9 Å². The molecule has 0 spiro atoms. The van der Waals surface area contributed by atoms with E-state index in [1.807, 2.05) is 19.9 Å². The lowest BCUT2D eigenvalue weighted by atomic mass is 9.78. The van der Waals surface area contributed by atoms with Crippen molar-refractivity contribution >= 4 is 16.7 Å². The molecule has 4 aliphatic rings. The van der Waals surface area contributed by atoms with Gasteiger partial charge in [-0.2, -0.15) is 0 Å². The molecule has 0 amide bonds. The van der Waals surface area contributed by atoms with Crippen LogP contribution in [0.4, 0.5) is 0 Å². The number of hydrogen-bond donors (Lipinski definition) is 4. The first-order valence-electron chi connectivity index (χ1n) is 19.3. The summed E-state index contributed by atoms with van der Waals surface area (Å²) in [5.41, 5.74) is 4.64. The monoisotopic (exact) mass is 702 g/mol. The number of ether oxygens (including phenoxy) is 2. The second-order valence-corrected chi connectivity index (χ2v) is 16.1. The molecule has 7 heteroatoms. The molecule has 0 saturated heterocycles. The fourth-order valence-corrected chi connectivity index (χ4v) is 9.98. The van der Waals surface area contributed by atoms with Crippen LogP contribution in [-0.2, 0) is 9.47 Å². The summed E-state index contributed by atoms with van der Waals surface area (Å²) in [7, 11) is 0. The molecule has 2 fully saturated rings. The number of aliphatic hydroxyl groups is 4. The van der Waals surface area contributed by atoms with Crippen molar-refractivity contribution < 1.29 is 29.9 Å². The van der Waals surface area contributed by atoms with Crippen LogP contribution in [0.25, 0.3) is 16.0 Å². The summed E-state index contributed by atoms with van der Waals surface area (Å²) < 4.78 is 13.1. The summed E-state index contributed by atoms with van der Waals surface area (Å²) >= 11 is 1.68. The molecule has 0 aromatic heterocycles. The Morgan fingerprint density at radius 1 is 0.660 bits per heavy atom. The molecule has 6 rings (SSSR count). The van der Waals surface area contributed by atoms with Crippen molar-refractivity contribution in [2.24, 2.45) is 29.6 Å². The average molecular weight is 703 g/mol. The van der Waals surface area contributed by atoms with Gasteiger partial charge in [-0.05, 0) is 117 Å². The first-order chi connectivity index (χ1) is 24.3. The molecule has 3 aliphatic carbocycles. The van der Waals surface area contributed by atoms with E-state index in [0.717, 1.165) is 91.6 Å². The first kappa shape index (κ1) is 37.4. The zero-order valence-electron chi connectivity index (χ0n) is 30.1. The molecule has 4 N–H and O–H groups in total. The molecule has 2 aromatic carbocycles. The molecule has 6 unspecified atom stereocenters. The Morgan fingerprint density at radius 3 is 1.74 bits per heavy atom. The van der Waals surface area contributed by atoms with E-state index in [9.17, 15) is 20.4 Å². The van der Waals surface area contributed by atoms with E-state index < -0.39 is 12.6 Å². The lowest BCUT2D eigenvalue weighted by Gasteiger charge is -2.39. The number of rotatable bonds is 13. The van der Waals surface area contributed by atoms with Gasteiger partial charge in [0.25, 0.3) is 0 Å². The van der Waals surface area contributed by atoms with Crippen LogP contribution in [0, 0.1) is 29.6 Å². The van der Waals surface area contributed by atoms with Crippen LogP contribution in [0.5, 0.6) is 0 Å². The predicted molar refractivity (Wildman–Crippen MR) is 202 cm³/mol. The van der Waals surface area contributed by atoms with Crippen molar-refractivity contribution in [1.82, 2.24) is 0 Å². The quantitative estimate of drug-likeness (QED) is 0.155. The van der Waals surface area contributed by atoms with E-state index in [2.05, 4.69) is 67.6 Å². The minimum Gasteiger partial charge on any atom is -0.464 e. The highest BCUT2D eigenvalue weighted by atomic mass is 32.2. The standard InChI is InChI=1S/C43H58O6S/c1-4-27-26-39(32-18-12-29(13-19-32)28-10-8-7-9-11-28)50-41-38(49-43(47)34-22-16-31(17-23-34)36(45)6-3)25-24-37(40(27)41)48-42(46)33-20-14-30(15-21-33)35(44)5-2/h7-13,18-19,25-27,30-31,33-37,42-47H,4-6,14-17,20-24H2,1-3H3. The lowest BCUT2D eigenvalue weighted by Crippen LogP contribution is -2.37. The third-order valence-electron chi connectivity index (χ3n) is 11.9. The van der Waals surface area contributed by atoms with Crippen molar-refractivity contribution in [2.45, 2.75) is 129 Å². The Kier molecular flexibility index (Phi) is 13.0. The molecule has 272 valence electrons. The molecule has 1 aliphatic heterocycles. The molecule has 1 heterocycles. The Labute approximate surface area is 303 Å². The summed E-state index contributed by atoms with van der Waals surface area (Å²) in [6.07, 6.45) is 11.8. The average Bonchev–Trinajstić information content (AvgIpc) is 3.18. The van der Waals surface area contributed by atoms with E-state index >= 15 is 0 Å². The van der Waals surface area contributed by atoms with Crippen molar-refractivity contribution in [2.75, 3.05) is 0 Å². The molecule has 0 bridgehead atoms. The lowest BCUT2D eigenvalue weighted by molar-refractivity contribution is -0.167. The van der Waals surface area contributed by atoms with Crippen LogP contribution < -0.4 is 0 Å². The highest BCUT2D eigenvalue weighted by Crippen LogP contribution is 2.51. The van der Waals surface area contributed by atoms with Crippen molar-refractivity contribution in [3.05, 3.63) is 88.6 Å². The van der Waals surface area contributed by atoms with Gasteiger partial charge in [0, 0.05) is 22.7 Å². The fraction of sp³-hybridized carbons (Fsp3) is 0.581. The summed E-state index contributed by atoms with van der Waals surface area (Å²) in [5, 5.41) is 43.6. The topological polar surface area (TPSA) is 99.4 Å². The molecule has 2 aromatic rings. The predicted octanol–water partition coefficient (Wildman–Crippen LogP) is 9.20. The van der Waals surface area contributed by atoms with Crippen molar-refractivity contribution in [1.29, 1.82) is 0 Å². The van der Waals surface area contributed by atoms with Gasteiger partial charge in [0.05, 0.1) is 23.2 Å². The molecule has 6 atom stereocenters. The normalized spacial score (nSPS) is 29.7. The molecular weight excluding hydrogens is 645 g/mol. The smallest absolute Gasteiger partial charge is 0.200 e. The molecule has 6 nitrogen and oxygen atoms in total. The van der Waals surface area contributed by atoms with Gasteiger partial charge in [0.1, 0.15) is 5.76 Å². The third kappa shape index (κ3) is 8.62. The SMILES string of the molecule is CCC1C=C(c2ccc(-c3ccccc3)cc2)SC2=C1C(OC(O)C1CCC(C(O)CC)CC1)CC=C2OC(O)C1CCC(C(O)CC)CC1. The zero-order valence-corrected chi connectivity index (χ0v) is 30.9. The van der Waals surface area contributed by atoms with Gasteiger partial charge in [0.15, 0.2) is 12.6 Å². The minimum atomic E-state index is -0.924. The van der Waals surface area contributed by atoms with Crippen LogP contribution >= 0.6 is 11.8 Å². The summed E-state index contributed by atoms with van der Waals surface area (Å²) in [4.78, 5) is 2.15. The van der Waals surface area contributed by atoms with Crippen LogP contribution in [-0.4, -0.2) is 51.3 Å². The van der Waals surface area contributed by atoms with E-state index in [1.165, 1.54) is 11.1 Å². The molecular formula is C43H58O6S. The number of aliphatic hydroxyl groups excluding tert-OH is 4. The van der Waals surface area contributed by atoms with Gasteiger partial charge in [-0.3, -0.25) is 0 Å². The zero-order chi connectivity index (χ0) is 35.2. The van der Waals surface area contributed by atoms with E-state index in [0.29, 0.717) is 24.0 Å². The number of hydrogen-bond acceptors (Lipinski definition) is 7. The molecule has 50 heavy (non-hydrogen) atoms. The first-order valence-corrected chi connectivity index (χ1v) is 20.2. The Balaban J connectivity index is 1.22.